The third-order valence-electron chi connectivity index (χ3n) is 5.59. The Bertz CT molecular complexity index is 625. The molecule has 0 aromatic heterocycles. The van der Waals surface area contributed by atoms with Gasteiger partial charge in [0.25, 0.3) is 0 Å². The number of rotatable bonds is 4. The Labute approximate surface area is 151 Å². The van der Waals surface area contributed by atoms with Gasteiger partial charge in [0.1, 0.15) is 0 Å². The Morgan fingerprint density at radius 2 is 1.42 bits per heavy atom. The average Bonchev–Trinajstić information content (AvgIpc) is 3.39. The van der Waals surface area contributed by atoms with Crippen molar-refractivity contribution < 1.29 is 0 Å². The van der Waals surface area contributed by atoms with Crippen LogP contribution in [-0.2, 0) is 0 Å². The minimum Gasteiger partial charge on any atom is -0.323 e. The minimum absolute atomic E-state index is 0. The first kappa shape index (κ1) is 17.5. The van der Waals surface area contributed by atoms with E-state index in [1.807, 2.05) is 0 Å². The van der Waals surface area contributed by atoms with E-state index in [1.165, 1.54) is 43.2 Å². The second kappa shape index (κ2) is 7.69. The highest BCUT2D eigenvalue weighted by atomic mass is 35.5. The highest BCUT2D eigenvalue weighted by molar-refractivity contribution is 5.85. The molecule has 4 atom stereocenters. The molecule has 4 unspecified atom stereocenters. The topological polar surface area (TPSA) is 29.0 Å². The molecule has 4 rings (SSSR count). The Balaban J connectivity index is 0.00000169. The van der Waals surface area contributed by atoms with Crippen molar-refractivity contribution >= 4 is 12.4 Å². The van der Waals surface area contributed by atoms with Crippen LogP contribution in [0, 0.1) is 0 Å². The zero-order valence-corrected chi connectivity index (χ0v) is 14.9. The van der Waals surface area contributed by atoms with Crippen LogP contribution in [0.1, 0.15) is 55.3 Å². The monoisotopic (exact) mass is 342 g/mol. The number of nitrogens with zero attached hydrogens (tertiary/aromatic N) is 1. The minimum atomic E-state index is 0. The summed E-state index contributed by atoms with van der Waals surface area (Å²) >= 11 is 0. The molecule has 24 heavy (non-hydrogen) atoms. The van der Waals surface area contributed by atoms with Gasteiger partial charge in [0.05, 0.1) is 6.04 Å². The normalized spacial score (nSPS) is 28.0. The second-order valence-corrected chi connectivity index (χ2v) is 7.02. The summed E-state index contributed by atoms with van der Waals surface area (Å²) in [5.41, 5.74) is 9.37. The lowest BCUT2D eigenvalue weighted by Crippen LogP contribution is -2.28. The SMILES string of the molecule is Cl.NC(c1ccccc1)C1C(c2ccccc2)N1C1CCCCC1. The third kappa shape index (κ3) is 3.37. The van der Waals surface area contributed by atoms with Crippen LogP contribution in [0.25, 0.3) is 0 Å². The van der Waals surface area contributed by atoms with Gasteiger partial charge in [0.2, 0.25) is 0 Å². The maximum Gasteiger partial charge on any atom is 0.0529 e. The number of hydrogen-bond acceptors (Lipinski definition) is 2. The van der Waals surface area contributed by atoms with Crippen molar-refractivity contribution in [1.29, 1.82) is 0 Å². The van der Waals surface area contributed by atoms with Gasteiger partial charge in [-0.2, -0.15) is 0 Å². The molecule has 0 spiro atoms. The van der Waals surface area contributed by atoms with E-state index in [1.54, 1.807) is 0 Å². The zero-order chi connectivity index (χ0) is 15.6. The van der Waals surface area contributed by atoms with E-state index in [2.05, 4.69) is 65.6 Å². The largest absolute Gasteiger partial charge is 0.323 e. The predicted octanol–water partition coefficient (Wildman–Crippen LogP) is 4.87. The van der Waals surface area contributed by atoms with E-state index in [4.69, 9.17) is 5.73 Å². The zero-order valence-electron chi connectivity index (χ0n) is 14.1. The van der Waals surface area contributed by atoms with E-state index in [-0.39, 0.29) is 18.4 Å². The van der Waals surface area contributed by atoms with Gasteiger partial charge in [-0.1, -0.05) is 79.9 Å². The van der Waals surface area contributed by atoms with E-state index in [0.29, 0.717) is 18.1 Å². The van der Waals surface area contributed by atoms with E-state index >= 15 is 0 Å². The Hall–Kier alpha value is -1.35. The summed E-state index contributed by atoms with van der Waals surface area (Å²) in [5.74, 6) is 0. The highest BCUT2D eigenvalue weighted by Gasteiger charge is 2.54. The molecule has 1 aliphatic heterocycles. The molecule has 2 nitrogen and oxygen atoms in total. The molecule has 2 N–H and O–H groups in total. The van der Waals surface area contributed by atoms with Crippen LogP contribution in [0.3, 0.4) is 0 Å². The Morgan fingerprint density at radius 3 is 2.04 bits per heavy atom. The molecule has 0 amide bonds. The van der Waals surface area contributed by atoms with Crippen molar-refractivity contribution in [3.05, 3.63) is 71.8 Å². The average molecular weight is 343 g/mol. The summed E-state index contributed by atoms with van der Waals surface area (Å²) in [6, 6.07) is 23.3. The highest BCUT2D eigenvalue weighted by Crippen LogP contribution is 2.52. The maximum atomic E-state index is 6.68. The van der Waals surface area contributed by atoms with Gasteiger partial charge in [0.15, 0.2) is 0 Å². The van der Waals surface area contributed by atoms with Crippen LogP contribution >= 0.6 is 12.4 Å². The van der Waals surface area contributed by atoms with Crippen molar-refractivity contribution in [2.75, 3.05) is 0 Å². The maximum absolute atomic E-state index is 6.68. The molecule has 0 radical (unpaired) electrons. The van der Waals surface area contributed by atoms with Crippen LogP contribution in [0.2, 0.25) is 0 Å². The summed E-state index contributed by atoms with van der Waals surface area (Å²) in [5, 5.41) is 0. The second-order valence-electron chi connectivity index (χ2n) is 7.02. The van der Waals surface area contributed by atoms with Gasteiger partial charge in [-0.05, 0) is 24.0 Å². The molecular weight excluding hydrogens is 316 g/mol. The molecule has 2 fully saturated rings. The standard InChI is InChI=1S/C21H26N2.ClH/c22-19(16-10-4-1-5-11-16)21-20(17-12-6-2-7-13-17)23(21)18-14-8-3-9-15-18;/h1-2,4-7,10-13,18-21H,3,8-9,14-15,22H2;1H. The van der Waals surface area contributed by atoms with Crippen molar-refractivity contribution in [3.8, 4) is 0 Å². The van der Waals surface area contributed by atoms with Gasteiger partial charge >= 0.3 is 0 Å². The lowest BCUT2D eigenvalue weighted by atomic mass is 9.95. The van der Waals surface area contributed by atoms with Crippen LogP contribution in [0.4, 0.5) is 0 Å². The third-order valence-corrected chi connectivity index (χ3v) is 5.59. The predicted molar refractivity (Wildman–Crippen MR) is 102 cm³/mol. The fraction of sp³-hybridized carbons (Fsp3) is 0.429. The van der Waals surface area contributed by atoms with Crippen molar-refractivity contribution in [2.24, 2.45) is 5.73 Å². The lowest BCUT2D eigenvalue weighted by Gasteiger charge is -2.25. The first-order valence-electron chi connectivity index (χ1n) is 8.99. The summed E-state index contributed by atoms with van der Waals surface area (Å²) in [6.07, 6.45) is 6.81. The molecule has 128 valence electrons. The molecule has 3 heteroatoms. The number of halogens is 1. The Kier molecular flexibility index (Phi) is 5.60. The quantitative estimate of drug-likeness (QED) is 0.803. The van der Waals surface area contributed by atoms with Crippen molar-refractivity contribution in [3.63, 3.8) is 0 Å². The Morgan fingerprint density at radius 1 is 0.833 bits per heavy atom. The van der Waals surface area contributed by atoms with Crippen molar-refractivity contribution in [2.45, 2.75) is 56.3 Å². The molecule has 0 bridgehead atoms. The molecule has 1 saturated carbocycles. The van der Waals surface area contributed by atoms with Gasteiger partial charge in [-0.3, -0.25) is 4.90 Å². The number of benzene rings is 2. The van der Waals surface area contributed by atoms with Crippen LogP contribution in [-0.4, -0.2) is 17.0 Å². The van der Waals surface area contributed by atoms with Gasteiger partial charge in [-0.25, -0.2) is 0 Å². The molecule has 2 aromatic rings. The van der Waals surface area contributed by atoms with Gasteiger partial charge < -0.3 is 5.73 Å². The van der Waals surface area contributed by atoms with E-state index in [0.717, 1.165) is 0 Å². The first-order valence-corrected chi connectivity index (χ1v) is 8.99. The molecular formula is C21H27ClN2. The van der Waals surface area contributed by atoms with Crippen LogP contribution in [0.5, 0.6) is 0 Å². The summed E-state index contributed by atoms with van der Waals surface area (Å²) < 4.78 is 0. The summed E-state index contributed by atoms with van der Waals surface area (Å²) in [7, 11) is 0. The lowest BCUT2D eigenvalue weighted by molar-refractivity contribution is 0.262. The fourth-order valence-corrected chi connectivity index (χ4v) is 4.39. The van der Waals surface area contributed by atoms with Crippen LogP contribution < -0.4 is 5.73 Å². The smallest absolute Gasteiger partial charge is 0.0529 e. The first-order chi connectivity index (χ1) is 11.4. The van der Waals surface area contributed by atoms with E-state index < -0.39 is 0 Å². The summed E-state index contributed by atoms with van der Waals surface area (Å²) in [6.45, 7) is 0. The molecule has 1 aliphatic carbocycles. The number of nitrogens with two attached hydrogens (primary N) is 1. The van der Waals surface area contributed by atoms with Gasteiger partial charge in [0, 0.05) is 18.1 Å². The molecule has 1 heterocycles. The summed E-state index contributed by atoms with van der Waals surface area (Å²) in [4.78, 5) is 2.70. The number of hydrogen-bond donors (Lipinski definition) is 1. The molecule has 2 aromatic carbocycles. The van der Waals surface area contributed by atoms with Crippen LogP contribution in [0.15, 0.2) is 60.7 Å². The molecule has 1 saturated heterocycles. The van der Waals surface area contributed by atoms with Gasteiger partial charge in [-0.15, -0.1) is 12.4 Å². The van der Waals surface area contributed by atoms with E-state index in [9.17, 15) is 0 Å². The van der Waals surface area contributed by atoms with Crippen molar-refractivity contribution in [1.82, 2.24) is 4.90 Å². The molecule has 2 aliphatic rings. The fourth-order valence-electron chi connectivity index (χ4n) is 4.39.